The van der Waals surface area contributed by atoms with Crippen molar-refractivity contribution < 1.29 is 9.53 Å². The van der Waals surface area contributed by atoms with Crippen LogP contribution in [0, 0.1) is 0 Å². The molecular formula is C24H24N6O2S. The van der Waals surface area contributed by atoms with Gasteiger partial charge in [0.1, 0.15) is 17.4 Å². The van der Waals surface area contributed by atoms with E-state index in [9.17, 15) is 4.79 Å². The maximum Gasteiger partial charge on any atom is 0.264 e. The van der Waals surface area contributed by atoms with Crippen molar-refractivity contribution in [3.63, 3.8) is 0 Å². The van der Waals surface area contributed by atoms with E-state index in [1.54, 1.807) is 7.11 Å². The van der Waals surface area contributed by atoms with Crippen LogP contribution < -0.4 is 9.64 Å². The number of carbonyl (C=O) groups excluding carboxylic acids is 1. The van der Waals surface area contributed by atoms with Gasteiger partial charge in [0.25, 0.3) is 5.91 Å². The van der Waals surface area contributed by atoms with Crippen molar-refractivity contribution in [2.45, 2.75) is 18.8 Å². The second-order valence-electron chi connectivity index (χ2n) is 8.43. The lowest BCUT2D eigenvalue weighted by Gasteiger charge is -2.35. The SMILES string of the molecule is COc1ccc(-n2ncc3c(N4CCN(C(=O)c5cccs5)CC4)nc(C4CC4)nc32)cc1. The maximum absolute atomic E-state index is 12.7. The van der Waals surface area contributed by atoms with Gasteiger partial charge in [0.15, 0.2) is 5.65 Å². The largest absolute Gasteiger partial charge is 0.497 e. The number of hydrogen-bond acceptors (Lipinski definition) is 7. The van der Waals surface area contributed by atoms with Gasteiger partial charge >= 0.3 is 0 Å². The molecule has 4 aromatic rings. The molecule has 2 aliphatic rings. The first kappa shape index (κ1) is 20.2. The smallest absolute Gasteiger partial charge is 0.264 e. The highest BCUT2D eigenvalue weighted by Gasteiger charge is 2.31. The molecular weight excluding hydrogens is 436 g/mol. The van der Waals surface area contributed by atoms with E-state index in [0.29, 0.717) is 19.0 Å². The molecule has 1 amide bonds. The molecule has 8 nitrogen and oxygen atoms in total. The molecule has 3 aromatic heterocycles. The van der Waals surface area contributed by atoms with Crippen LogP contribution in [0.4, 0.5) is 5.82 Å². The first-order chi connectivity index (χ1) is 16.2. The van der Waals surface area contributed by atoms with Crippen LogP contribution in [0.25, 0.3) is 16.7 Å². The number of nitrogens with zero attached hydrogens (tertiary/aromatic N) is 6. The molecule has 2 fully saturated rings. The number of fused-ring (bicyclic) bond motifs is 1. The van der Waals surface area contributed by atoms with Crippen LogP contribution in [-0.4, -0.2) is 63.8 Å². The second kappa shape index (κ2) is 8.15. The Hall–Kier alpha value is -3.46. The summed E-state index contributed by atoms with van der Waals surface area (Å²) >= 11 is 1.49. The Labute approximate surface area is 195 Å². The number of benzene rings is 1. The minimum absolute atomic E-state index is 0.114. The minimum Gasteiger partial charge on any atom is -0.497 e. The number of rotatable bonds is 5. The lowest BCUT2D eigenvalue weighted by Crippen LogP contribution is -2.49. The minimum atomic E-state index is 0.114. The van der Waals surface area contributed by atoms with Gasteiger partial charge in [-0.3, -0.25) is 4.79 Å². The van der Waals surface area contributed by atoms with Crippen molar-refractivity contribution in [1.82, 2.24) is 24.6 Å². The second-order valence-corrected chi connectivity index (χ2v) is 9.38. The van der Waals surface area contributed by atoms with Gasteiger partial charge < -0.3 is 14.5 Å². The summed E-state index contributed by atoms with van der Waals surface area (Å²) in [5.41, 5.74) is 1.76. The average molecular weight is 461 g/mol. The molecule has 168 valence electrons. The van der Waals surface area contributed by atoms with Gasteiger partial charge in [0, 0.05) is 32.1 Å². The van der Waals surface area contributed by atoms with Gasteiger partial charge in [0.2, 0.25) is 0 Å². The number of amides is 1. The Bertz CT molecular complexity index is 1290. The van der Waals surface area contributed by atoms with Crippen molar-refractivity contribution in [2.75, 3.05) is 38.2 Å². The molecule has 33 heavy (non-hydrogen) atoms. The van der Waals surface area contributed by atoms with E-state index in [0.717, 1.165) is 64.9 Å². The van der Waals surface area contributed by atoms with Crippen molar-refractivity contribution in [1.29, 1.82) is 0 Å². The molecule has 0 N–H and O–H groups in total. The number of thiophene rings is 1. The highest BCUT2D eigenvalue weighted by atomic mass is 32.1. The molecule has 1 saturated heterocycles. The summed E-state index contributed by atoms with van der Waals surface area (Å²) < 4.78 is 7.17. The number of methoxy groups -OCH3 is 1. The first-order valence-electron chi connectivity index (χ1n) is 11.2. The highest BCUT2D eigenvalue weighted by molar-refractivity contribution is 7.12. The third kappa shape index (κ3) is 3.72. The lowest BCUT2D eigenvalue weighted by atomic mass is 10.2. The molecule has 1 saturated carbocycles. The zero-order valence-electron chi connectivity index (χ0n) is 18.3. The Balaban J connectivity index is 1.32. The Morgan fingerprint density at radius 1 is 1.06 bits per heavy atom. The molecule has 0 unspecified atom stereocenters. The average Bonchev–Trinajstić information content (AvgIpc) is 3.40. The summed E-state index contributed by atoms with van der Waals surface area (Å²) in [5.74, 6) is 3.16. The fourth-order valence-electron chi connectivity index (χ4n) is 4.26. The summed E-state index contributed by atoms with van der Waals surface area (Å²) in [6.45, 7) is 2.82. The summed E-state index contributed by atoms with van der Waals surface area (Å²) in [7, 11) is 1.66. The van der Waals surface area contributed by atoms with Crippen LogP contribution in [0.1, 0.15) is 34.3 Å². The van der Waals surface area contributed by atoms with Gasteiger partial charge in [-0.15, -0.1) is 11.3 Å². The standard InChI is InChI=1S/C24H24N6O2S/c1-32-18-8-6-17(7-9-18)30-23-19(15-25-30)22(26-21(27-23)16-4-5-16)28-10-12-29(13-11-28)24(31)20-3-2-14-33-20/h2-3,6-9,14-16H,4-5,10-13H2,1H3. The quantitative estimate of drug-likeness (QED) is 0.452. The van der Waals surface area contributed by atoms with E-state index in [2.05, 4.69) is 10.00 Å². The molecule has 0 atom stereocenters. The van der Waals surface area contributed by atoms with Crippen LogP contribution in [-0.2, 0) is 0 Å². The Kier molecular flexibility index (Phi) is 4.98. The maximum atomic E-state index is 12.7. The first-order valence-corrected chi connectivity index (χ1v) is 12.1. The van der Waals surface area contributed by atoms with Gasteiger partial charge in [-0.1, -0.05) is 6.07 Å². The van der Waals surface area contributed by atoms with Gasteiger partial charge in [-0.25, -0.2) is 14.6 Å². The summed E-state index contributed by atoms with van der Waals surface area (Å²) in [4.78, 5) is 27.6. The van der Waals surface area contributed by atoms with Crippen molar-refractivity contribution in [3.8, 4) is 11.4 Å². The van der Waals surface area contributed by atoms with E-state index >= 15 is 0 Å². The molecule has 1 aliphatic carbocycles. The summed E-state index contributed by atoms with van der Waals surface area (Å²) in [6.07, 6.45) is 4.12. The van der Waals surface area contributed by atoms with E-state index in [1.165, 1.54) is 11.3 Å². The number of aromatic nitrogens is 4. The van der Waals surface area contributed by atoms with Gasteiger partial charge in [0.05, 0.1) is 29.3 Å². The van der Waals surface area contributed by atoms with Crippen molar-refractivity contribution >= 4 is 34.1 Å². The van der Waals surface area contributed by atoms with Crippen LogP contribution in [0.3, 0.4) is 0 Å². The number of piperazine rings is 1. The fraction of sp³-hybridized carbons (Fsp3) is 0.333. The van der Waals surface area contributed by atoms with E-state index in [-0.39, 0.29) is 5.91 Å². The zero-order valence-corrected chi connectivity index (χ0v) is 19.2. The third-order valence-electron chi connectivity index (χ3n) is 6.28. The number of hydrogen-bond donors (Lipinski definition) is 0. The predicted molar refractivity (Wildman–Crippen MR) is 128 cm³/mol. The molecule has 0 spiro atoms. The van der Waals surface area contributed by atoms with Gasteiger partial charge in [-0.05, 0) is 48.6 Å². The van der Waals surface area contributed by atoms with Crippen LogP contribution in [0.2, 0.25) is 0 Å². The Morgan fingerprint density at radius 2 is 1.85 bits per heavy atom. The molecule has 4 heterocycles. The number of carbonyl (C=O) groups is 1. The number of ether oxygens (including phenoxy) is 1. The lowest BCUT2D eigenvalue weighted by molar-refractivity contribution is 0.0751. The normalized spacial score (nSPS) is 16.4. The van der Waals surface area contributed by atoms with E-state index in [1.807, 2.05) is 57.6 Å². The van der Waals surface area contributed by atoms with Crippen molar-refractivity contribution in [3.05, 3.63) is 58.7 Å². The molecule has 0 bridgehead atoms. The predicted octanol–water partition coefficient (Wildman–Crippen LogP) is 3.73. The third-order valence-corrected chi connectivity index (χ3v) is 7.14. The molecule has 6 rings (SSSR count). The van der Waals surface area contributed by atoms with Crippen LogP contribution >= 0.6 is 11.3 Å². The zero-order chi connectivity index (χ0) is 22.4. The van der Waals surface area contributed by atoms with E-state index in [4.69, 9.17) is 14.7 Å². The molecule has 1 aromatic carbocycles. The Morgan fingerprint density at radius 3 is 2.52 bits per heavy atom. The van der Waals surface area contributed by atoms with Crippen molar-refractivity contribution in [2.24, 2.45) is 0 Å². The van der Waals surface area contributed by atoms with Crippen LogP contribution in [0.15, 0.2) is 48.0 Å². The monoisotopic (exact) mass is 460 g/mol. The molecule has 0 radical (unpaired) electrons. The van der Waals surface area contributed by atoms with Gasteiger partial charge in [-0.2, -0.15) is 5.10 Å². The molecule has 1 aliphatic heterocycles. The number of anilines is 1. The topological polar surface area (TPSA) is 76.4 Å². The van der Waals surface area contributed by atoms with Crippen LogP contribution in [0.5, 0.6) is 5.75 Å². The summed E-state index contributed by atoms with van der Waals surface area (Å²) in [6, 6.07) is 11.6. The van der Waals surface area contributed by atoms with E-state index < -0.39 is 0 Å². The highest BCUT2D eigenvalue weighted by Crippen LogP contribution is 2.40. The summed E-state index contributed by atoms with van der Waals surface area (Å²) in [5, 5.41) is 7.54. The molecule has 9 heteroatoms. The fourth-order valence-corrected chi connectivity index (χ4v) is 4.96.